The van der Waals surface area contributed by atoms with E-state index in [0.29, 0.717) is 66.2 Å². The Morgan fingerprint density at radius 2 is 1.77 bits per heavy atom. The fourth-order valence-electron chi connectivity index (χ4n) is 5.36. The minimum Gasteiger partial charge on any atom is -0.497 e. The first kappa shape index (κ1) is 31.5. The van der Waals surface area contributed by atoms with E-state index in [4.69, 9.17) is 4.74 Å². The van der Waals surface area contributed by atoms with Gasteiger partial charge >= 0.3 is 0 Å². The van der Waals surface area contributed by atoms with Gasteiger partial charge in [0.2, 0.25) is 17.7 Å². The van der Waals surface area contributed by atoms with Crippen molar-refractivity contribution in [3.8, 4) is 5.75 Å². The van der Waals surface area contributed by atoms with E-state index in [9.17, 15) is 19.2 Å². The fourth-order valence-corrected chi connectivity index (χ4v) is 5.36. The number of likely N-dealkylation sites (N-methyl/N-ethyl adjacent to an activating group) is 1. The highest BCUT2D eigenvalue weighted by atomic mass is 16.5. The Bertz CT molecular complexity index is 1500. The highest BCUT2D eigenvalue weighted by molar-refractivity contribution is 6.06. The van der Waals surface area contributed by atoms with Gasteiger partial charge in [-0.25, -0.2) is 4.98 Å². The number of carbonyl (C=O) groups is 4. The van der Waals surface area contributed by atoms with Gasteiger partial charge in [0.05, 0.1) is 23.8 Å². The number of amides is 4. The third-order valence-corrected chi connectivity index (χ3v) is 7.89. The summed E-state index contributed by atoms with van der Waals surface area (Å²) >= 11 is 0. The average Bonchev–Trinajstić information content (AvgIpc) is 3.27. The molecule has 0 unspecified atom stereocenters. The molecule has 12 heteroatoms. The standard InChI is InChI=1S/C31H41N7O5/c1-19-17-24(27-20(2)35-37(5)28(27)33-19)30(41)38-15-7-9-26(39)34-25(18-22-10-12-23(43-6)13-11-22)31(42)36(4)21(3)29(40)32-14-8-16-38/h10-13,17,21,25H,7-9,14-16,18H2,1-6H3,(H,32,40)(H,34,39)/t21-,25-/m0/s1. The lowest BCUT2D eigenvalue weighted by atomic mass is 10.0. The minimum atomic E-state index is -0.870. The van der Waals surface area contributed by atoms with Crippen molar-refractivity contribution in [1.82, 2.24) is 35.2 Å². The van der Waals surface area contributed by atoms with Crippen LogP contribution in [0.4, 0.5) is 0 Å². The van der Waals surface area contributed by atoms with E-state index in [-0.39, 0.29) is 36.5 Å². The Morgan fingerprint density at radius 3 is 2.47 bits per heavy atom. The zero-order valence-corrected chi connectivity index (χ0v) is 25.8. The zero-order chi connectivity index (χ0) is 31.3. The minimum absolute atomic E-state index is 0.128. The van der Waals surface area contributed by atoms with Crippen molar-refractivity contribution in [2.45, 2.75) is 58.5 Å². The van der Waals surface area contributed by atoms with Gasteiger partial charge in [0, 0.05) is 52.3 Å². The lowest BCUT2D eigenvalue weighted by Crippen LogP contribution is -2.54. The van der Waals surface area contributed by atoms with Crippen LogP contribution in [-0.4, -0.2) is 94.1 Å². The van der Waals surface area contributed by atoms with Crippen LogP contribution in [0.5, 0.6) is 5.75 Å². The molecule has 0 spiro atoms. The van der Waals surface area contributed by atoms with E-state index in [1.54, 1.807) is 55.9 Å². The van der Waals surface area contributed by atoms with Crippen LogP contribution >= 0.6 is 0 Å². The maximum atomic E-state index is 13.9. The molecule has 2 N–H and O–H groups in total. The van der Waals surface area contributed by atoms with Gasteiger partial charge in [-0.3, -0.25) is 23.9 Å². The Labute approximate surface area is 251 Å². The second-order valence-electron chi connectivity index (χ2n) is 11.1. The first-order valence-corrected chi connectivity index (χ1v) is 14.6. The van der Waals surface area contributed by atoms with Gasteiger partial charge in [0.15, 0.2) is 5.65 Å². The number of ether oxygens (including phenoxy) is 1. The van der Waals surface area contributed by atoms with Crippen molar-refractivity contribution >= 4 is 34.7 Å². The van der Waals surface area contributed by atoms with Crippen LogP contribution < -0.4 is 15.4 Å². The molecule has 0 aliphatic carbocycles. The summed E-state index contributed by atoms with van der Waals surface area (Å²) in [6, 6.07) is 7.42. The van der Waals surface area contributed by atoms with Crippen LogP contribution in [0.15, 0.2) is 30.3 Å². The van der Waals surface area contributed by atoms with E-state index >= 15 is 0 Å². The summed E-state index contributed by atoms with van der Waals surface area (Å²) in [6.45, 7) is 6.39. The van der Waals surface area contributed by atoms with Crippen LogP contribution in [-0.2, 0) is 27.9 Å². The van der Waals surface area contributed by atoms with Crippen LogP contribution in [0, 0.1) is 13.8 Å². The summed E-state index contributed by atoms with van der Waals surface area (Å²) in [7, 11) is 4.94. The molecule has 1 aromatic carbocycles. The topological polar surface area (TPSA) is 139 Å². The molecule has 4 amide bonds. The normalized spacial score (nSPS) is 19.4. The number of methoxy groups -OCH3 is 1. The van der Waals surface area contributed by atoms with Crippen LogP contribution in [0.25, 0.3) is 11.0 Å². The van der Waals surface area contributed by atoms with Gasteiger partial charge in [-0.2, -0.15) is 5.10 Å². The summed E-state index contributed by atoms with van der Waals surface area (Å²) in [4.78, 5) is 61.2. The molecule has 2 aromatic heterocycles. The van der Waals surface area contributed by atoms with Crippen LogP contribution in [0.3, 0.4) is 0 Å². The zero-order valence-electron chi connectivity index (χ0n) is 25.8. The molecule has 4 rings (SSSR count). The molecular formula is C31H41N7O5. The van der Waals surface area contributed by atoms with Crippen molar-refractivity contribution < 1.29 is 23.9 Å². The first-order valence-electron chi connectivity index (χ1n) is 14.6. The van der Waals surface area contributed by atoms with E-state index in [1.165, 1.54) is 4.90 Å². The number of hydrogen-bond acceptors (Lipinski definition) is 7. The predicted molar refractivity (Wildman–Crippen MR) is 162 cm³/mol. The molecular weight excluding hydrogens is 550 g/mol. The molecule has 0 saturated carbocycles. The molecule has 1 aliphatic heterocycles. The van der Waals surface area contributed by atoms with Crippen molar-refractivity contribution in [3.05, 3.63) is 52.8 Å². The molecule has 1 aliphatic rings. The van der Waals surface area contributed by atoms with E-state index in [1.807, 2.05) is 26.0 Å². The van der Waals surface area contributed by atoms with Crippen molar-refractivity contribution in [3.63, 3.8) is 0 Å². The number of rotatable bonds is 4. The molecule has 2 atom stereocenters. The smallest absolute Gasteiger partial charge is 0.254 e. The molecule has 230 valence electrons. The van der Waals surface area contributed by atoms with E-state index in [2.05, 4.69) is 20.7 Å². The predicted octanol–water partition coefficient (Wildman–Crippen LogP) is 1.91. The van der Waals surface area contributed by atoms with E-state index in [0.717, 1.165) is 5.56 Å². The Balaban J connectivity index is 1.57. The highest BCUT2D eigenvalue weighted by Gasteiger charge is 2.30. The molecule has 12 nitrogen and oxygen atoms in total. The number of benzene rings is 1. The van der Waals surface area contributed by atoms with Gasteiger partial charge in [-0.1, -0.05) is 12.1 Å². The quantitative estimate of drug-likeness (QED) is 0.473. The van der Waals surface area contributed by atoms with Crippen LogP contribution in [0.2, 0.25) is 0 Å². The van der Waals surface area contributed by atoms with Crippen LogP contribution in [0.1, 0.15) is 53.5 Å². The molecule has 3 heterocycles. The van der Waals surface area contributed by atoms with Crippen molar-refractivity contribution in [2.24, 2.45) is 7.05 Å². The molecule has 43 heavy (non-hydrogen) atoms. The second-order valence-corrected chi connectivity index (χ2v) is 11.1. The number of fused-ring (bicyclic) bond motifs is 1. The Kier molecular flexibility index (Phi) is 9.99. The van der Waals surface area contributed by atoms with Gasteiger partial charge in [0.1, 0.15) is 17.8 Å². The third kappa shape index (κ3) is 7.30. The molecule has 0 radical (unpaired) electrons. The maximum Gasteiger partial charge on any atom is 0.254 e. The van der Waals surface area contributed by atoms with Gasteiger partial charge in [-0.15, -0.1) is 0 Å². The van der Waals surface area contributed by atoms with Crippen molar-refractivity contribution in [2.75, 3.05) is 33.8 Å². The number of hydrogen-bond donors (Lipinski definition) is 2. The van der Waals surface area contributed by atoms with Gasteiger partial charge in [-0.05, 0) is 57.4 Å². The maximum absolute atomic E-state index is 13.9. The SMILES string of the molecule is COc1ccc(C[C@@H]2NC(=O)CCCN(C(=O)c3cc(C)nc4c3c(C)nn4C)CCCNC(=O)[C@H](C)N(C)C2=O)cc1. The summed E-state index contributed by atoms with van der Waals surface area (Å²) < 4.78 is 6.90. The lowest BCUT2D eigenvalue weighted by molar-refractivity contribution is -0.141. The molecule has 1 fully saturated rings. The number of pyridine rings is 1. The number of aromatic nitrogens is 3. The van der Waals surface area contributed by atoms with Crippen molar-refractivity contribution in [1.29, 1.82) is 0 Å². The molecule has 1 saturated heterocycles. The monoisotopic (exact) mass is 591 g/mol. The first-order chi connectivity index (χ1) is 20.5. The third-order valence-electron chi connectivity index (χ3n) is 7.89. The Hall–Kier alpha value is -4.48. The highest BCUT2D eigenvalue weighted by Crippen LogP contribution is 2.23. The molecule has 3 aromatic rings. The Morgan fingerprint density at radius 1 is 1.07 bits per heavy atom. The summed E-state index contributed by atoms with van der Waals surface area (Å²) in [5, 5.41) is 10.9. The number of carbonyl (C=O) groups excluding carboxylic acids is 4. The number of nitrogens with one attached hydrogen (secondary N) is 2. The summed E-state index contributed by atoms with van der Waals surface area (Å²) in [5.41, 5.74) is 3.40. The number of nitrogens with zero attached hydrogens (tertiary/aromatic N) is 5. The van der Waals surface area contributed by atoms with Gasteiger partial charge < -0.3 is 25.2 Å². The number of aryl methyl sites for hydroxylation is 3. The van der Waals surface area contributed by atoms with E-state index < -0.39 is 12.1 Å². The fraction of sp³-hybridized carbons (Fsp3) is 0.484. The average molecular weight is 592 g/mol. The summed E-state index contributed by atoms with van der Waals surface area (Å²) in [5.74, 6) is -0.463. The van der Waals surface area contributed by atoms with Gasteiger partial charge in [0.25, 0.3) is 5.91 Å². The second kappa shape index (κ2) is 13.7. The lowest BCUT2D eigenvalue weighted by Gasteiger charge is -2.29. The largest absolute Gasteiger partial charge is 0.497 e. The molecule has 0 bridgehead atoms. The summed E-state index contributed by atoms with van der Waals surface area (Å²) in [6.07, 6.45) is 1.29.